The Morgan fingerprint density at radius 2 is 2.29 bits per heavy atom. The number of carbonyl (C=O) groups is 1. The second-order valence-corrected chi connectivity index (χ2v) is 0.797. The highest BCUT2D eigenvalue weighted by atomic mass is 32.1. The van der Waals surface area contributed by atoms with E-state index in [9.17, 15) is 4.79 Å². The summed E-state index contributed by atoms with van der Waals surface area (Å²) in [6, 6.07) is 0. The number of hydrogen-bond donors (Lipinski definition) is 1. The summed E-state index contributed by atoms with van der Waals surface area (Å²) in [5, 5.41) is 0. The van der Waals surface area contributed by atoms with E-state index >= 15 is 0 Å². The number of thiol groups is 1. The molecule has 0 heterocycles. The average Bonchev–Trinajstić information content (AvgIpc) is 1.65. The number of carbonyl (C=O) groups excluding carboxylic acids is 1. The molecule has 0 bridgehead atoms. The zero-order valence-corrected chi connectivity index (χ0v) is 3.94. The molecule has 0 fully saturated rings. The first-order valence-corrected chi connectivity index (χ1v) is 1.65. The van der Waals surface area contributed by atoms with Crippen molar-refractivity contribution in [1.82, 2.24) is 0 Å². The largest absolute Gasteiger partial charge is 0.391 e. The summed E-state index contributed by atoms with van der Waals surface area (Å²) in [4.78, 5) is 9.76. The SMILES string of the molecule is C.C=CC(=O)OS. The first-order valence-electron chi connectivity index (χ1n) is 1.29. The van der Waals surface area contributed by atoms with E-state index in [0.717, 1.165) is 6.08 Å². The highest BCUT2D eigenvalue weighted by Crippen LogP contribution is 1.78. The maximum atomic E-state index is 9.76. The lowest BCUT2D eigenvalue weighted by Gasteiger charge is -1.80. The lowest BCUT2D eigenvalue weighted by molar-refractivity contribution is -0.127. The summed E-state index contributed by atoms with van der Waals surface area (Å²) in [5.41, 5.74) is 0. The Labute approximate surface area is 48.8 Å². The van der Waals surface area contributed by atoms with Gasteiger partial charge in [-0.2, -0.15) is 0 Å². The predicted molar refractivity (Wildman–Crippen MR) is 32.0 cm³/mol. The van der Waals surface area contributed by atoms with Crippen molar-refractivity contribution < 1.29 is 8.98 Å². The third-order valence-electron chi connectivity index (χ3n) is 0.257. The normalized spacial score (nSPS) is 5.86. The average molecular weight is 120 g/mol. The van der Waals surface area contributed by atoms with Gasteiger partial charge in [0, 0.05) is 19.0 Å². The van der Waals surface area contributed by atoms with E-state index in [1.807, 2.05) is 0 Å². The molecule has 0 atom stereocenters. The molecule has 0 spiro atoms. The Hall–Kier alpha value is -0.440. The highest BCUT2D eigenvalue weighted by Gasteiger charge is 1.83. The van der Waals surface area contributed by atoms with Gasteiger partial charge >= 0.3 is 5.97 Å². The molecule has 3 heteroatoms. The van der Waals surface area contributed by atoms with E-state index < -0.39 is 5.97 Å². The van der Waals surface area contributed by atoms with Crippen molar-refractivity contribution in [3.63, 3.8) is 0 Å². The van der Waals surface area contributed by atoms with Crippen LogP contribution in [0, 0.1) is 0 Å². The summed E-state index contributed by atoms with van der Waals surface area (Å²) in [6.45, 7) is 3.11. The van der Waals surface area contributed by atoms with Crippen LogP contribution < -0.4 is 0 Å². The lowest BCUT2D eigenvalue weighted by Crippen LogP contribution is -1.86. The van der Waals surface area contributed by atoms with Crippen LogP contribution in [0.4, 0.5) is 0 Å². The molecule has 2 nitrogen and oxygen atoms in total. The smallest absolute Gasteiger partial charge is 0.341 e. The van der Waals surface area contributed by atoms with E-state index in [4.69, 9.17) is 0 Å². The van der Waals surface area contributed by atoms with Crippen LogP contribution >= 0.6 is 12.9 Å². The Morgan fingerprint density at radius 1 is 1.86 bits per heavy atom. The van der Waals surface area contributed by atoms with Crippen molar-refractivity contribution in [2.45, 2.75) is 7.43 Å². The molecule has 0 unspecified atom stereocenters. The Morgan fingerprint density at radius 3 is 2.29 bits per heavy atom. The summed E-state index contributed by atoms with van der Waals surface area (Å²) in [6.07, 6.45) is 1.03. The summed E-state index contributed by atoms with van der Waals surface area (Å²) in [5.74, 6) is -0.529. The van der Waals surface area contributed by atoms with Crippen LogP contribution in [0.15, 0.2) is 12.7 Å². The molecule has 0 aromatic heterocycles. The van der Waals surface area contributed by atoms with Crippen molar-refractivity contribution in [3.05, 3.63) is 12.7 Å². The fourth-order valence-electron chi connectivity index (χ4n) is 0.0373. The number of rotatable bonds is 1. The number of hydrogen-bond acceptors (Lipinski definition) is 3. The molecule has 0 radical (unpaired) electrons. The van der Waals surface area contributed by atoms with Gasteiger partial charge in [0.25, 0.3) is 0 Å². The van der Waals surface area contributed by atoms with Crippen LogP contribution in [0.5, 0.6) is 0 Å². The molecule has 0 saturated heterocycles. The van der Waals surface area contributed by atoms with Crippen molar-refractivity contribution in [2.75, 3.05) is 0 Å². The summed E-state index contributed by atoms with van der Waals surface area (Å²) >= 11 is 3.17. The zero-order chi connectivity index (χ0) is 4.99. The lowest BCUT2D eigenvalue weighted by atomic mass is 10.7. The second kappa shape index (κ2) is 5.56. The molecule has 7 heavy (non-hydrogen) atoms. The second-order valence-electron chi connectivity index (χ2n) is 0.614. The Balaban J connectivity index is 0. The molecular formula is C4H8O2S. The van der Waals surface area contributed by atoms with Gasteiger partial charge in [0.2, 0.25) is 0 Å². The molecule has 0 aliphatic carbocycles. The van der Waals surface area contributed by atoms with Gasteiger partial charge in [0.1, 0.15) is 0 Å². The molecule has 0 aliphatic rings. The predicted octanol–water partition coefficient (Wildman–Crippen LogP) is 1.20. The third-order valence-corrected chi connectivity index (χ3v) is 0.437. The maximum absolute atomic E-state index is 9.76. The molecule has 0 N–H and O–H groups in total. The van der Waals surface area contributed by atoms with Crippen LogP contribution in [-0.2, 0) is 8.98 Å². The van der Waals surface area contributed by atoms with Gasteiger partial charge in [-0.15, -0.1) is 0 Å². The first kappa shape index (κ1) is 9.75. The van der Waals surface area contributed by atoms with E-state index in [2.05, 4.69) is 23.7 Å². The standard InChI is InChI=1S/C3H4O2S.CH4/c1-2-3(4)5-6;/h2,6H,1H2;1H4. The van der Waals surface area contributed by atoms with Crippen LogP contribution in [0.25, 0.3) is 0 Å². The van der Waals surface area contributed by atoms with Gasteiger partial charge in [0.05, 0.1) is 0 Å². The van der Waals surface area contributed by atoms with Gasteiger partial charge in [-0.05, 0) is 0 Å². The van der Waals surface area contributed by atoms with Gasteiger partial charge in [-0.3, -0.25) is 0 Å². The minimum atomic E-state index is -0.529. The molecular weight excluding hydrogens is 112 g/mol. The molecule has 0 aromatic carbocycles. The fraction of sp³-hybridized carbons (Fsp3) is 0.250. The van der Waals surface area contributed by atoms with Crippen molar-refractivity contribution >= 4 is 18.9 Å². The molecule has 0 rings (SSSR count). The molecule has 0 aromatic rings. The Kier molecular flexibility index (Phi) is 7.75. The van der Waals surface area contributed by atoms with Crippen LogP contribution in [0.2, 0.25) is 0 Å². The summed E-state index contributed by atoms with van der Waals surface area (Å²) in [7, 11) is 0. The fourth-order valence-corrected chi connectivity index (χ4v) is 0.112. The van der Waals surface area contributed by atoms with Crippen molar-refractivity contribution in [3.8, 4) is 0 Å². The van der Waals surface area contributed by atoms with E-state index in [1.165, 1.54) is 0 Å². The molecule has 0 amide bonds. The molecule has 42 valence electrons. The molecule has 0 saturated carbocycles. The van der Waals surface area contributed by atoms with Crippen LogP contribution in [-0.4, -0.2) is 5.97 Å². The van der Waals surface area contributed by atoms with Gasteiger partial charge < -0.3 is 4.18 Å². The maximum Gasteiger partial charge on any atom is 0.341 e. The van der Waals surface area contributed by atoms with Gasteiger partial charge in [-0.1, -0.05) is 14.0 Å². The van der Waals surface area contributed by atoms with Crippen LogP contribution in [0.1, 0.15) is 7.43 Å². The van der Waals surface area contributed by atoms with E-state index in [1.54, 1.807) is 0 Å². The minimum absolute atomic E-state index is 0. The van der Waals surface area contributed by atoms with Crippen molar-refractivity contribution in [1.29, 1.82) is 0 Å². The highest BCUT2D eigenvalue weighted by molar-refractivity contribution is 7.75. The van der Waals surface area contributed by atoms with Crippen molar-refractivity contribution in [2.24, 2.45) is 0 Å². The molecule has 0 aliphatic heterocycles. The van der Waals surface area contributed by atoms with Gasteiger partial charge in [-0.25, -0.2) is 4.79 Å². The van der Waals surface area contributed by atoms with Crippen LogP contribution in [0.3, 0.4) is 0 Å². The topological polar surface area (TPSA) is 26.3 Å². The quantitative estimate of drug-likeness (QED) is 0.319. The first-order chi connectivity index (χ1) is 2.81. The minimum Gasteiger partial charge on any atom is -0.391 e. The van der Waals surface area contributed by atoms with E-state index in [-0.39, 0.29) is 7.43 Å². The Bertz CT molecular complexity index is 70.1. The third kappa shape index (κ3) is 5.56. The zero-order valence-electron chi connectivity index (χ0n) is 3.05. The van der Waals surface area contributed by atoms with E-state index in [0.29, 0.717) is 0 Å². The summed E-state index contributed by atoms with van der Waals surface area (Å²) < 4.78 is 3.84. The monoisotopic (exact) mass is 120 g/mol. The van der Waals surface area contributed by atoms with Gasteiger partial charge in [0.15, 0.2) is 0 Å².